The highest BCUT2D eigenvalue weighted by atomic mass is 32.2. The van der Waals surface area contributed by atoms with Crippen LogP contribution in [0.1, 0.15) is 29.1 Å². The lowest BCUT2D eigenvalue weighted by Crippen LogP contribution is -2.42. The molecule has 0 spiro atoms. The molecule has 0 amide bonds. The van der Waals surface area contributed by atoms with Gasteiger partial charge < -0.3 is 14.3 Å². The molecule has 6 nitrogen and oxygen atoms in total. The average molecular weight is 408 g/mol. The highest BCUT2D eigenvalue weighted by Gasteiger charge is 2.33. The van der Waals surface area contributed by atoms with Gasteiger partial charge in [-0.3, -0.25) is 4.90 Å². The van der Waals surface area contributed by atoms with E-state index in [2.05, 4.69) is 0 Å². The van der Waals surface area contributed by atoms with Gasteiger partial charge in [0.1, 0.15) is 30.0 Å². The highest BCUT2D eigenvalue weighted by molar-refractivity contribution is 7.91. The Hall–Kier alpha value is -1.83. The summed E-state index contributed by atoms with van der Waals surface area (Å²) in [5.74, 6) is 2.62. The van der Waals surface area contributed by atoms with Gasteiger partial charge in [-0.1, -0.05) is 6.07 Å². The van der Waals surface area contributed by atoms with Crippen molar-refractivity contribution in [2.75, 3.05) is 24.7 Å². The van der Waals surface area contributed by atoms with Crippen LogP contribution in [0.5, 0.6) is 5.75 Å². The predicted molar refractivity (Wildman–Crippen MR) is 108 cm³/mol. The van der Waals surface area contributed by atoms with Crippen molar-refractivity contribution in [3.63, 3.8) is 0 Å². The standard InChI is InChI=1S/C21H29NO5S/c1-15-4-6-20(10-16(15)2)26-13-19(23)11-22(12-21-7-5-17(3)27-21)18-8-9-28(24,25)14-18/h4-7,10,18-19,23H,8-9,11-14H2,1-3H3. The summed E-state index contributed by atoms with van der Waals surface area (Å²) in [7, 11) is -3.01. The zero-order valence-electron chi connectivity index (χ0n) is 16.7. The lowest BCUT2D eigenvalue weighted by atomic mass is 10.1. The molecule has 1 aromatic heterocycles. The molecular formula is C21H29NO5S. The second kappa shape index (κ2) is 8.68. The van der Waals surface area contributed by atoms with E-state index < -0.39 is 15.9 Å². The topological polar surface area (TPSA) is 80.0 Å². The summed E-state index contributed by atoms with van der Waals surface area (Å²) in [4.78, 5) is 2.00. The van der Waals surface area contributed by atoms with Crippen LogP contribution in [0.3, 0.4) is 0 Å². The fraction of sp³-hybridized carbons (Fsp3) is 0.524. The van der Waals surface area contributed by atoms with Gasteiger partial charge in [0, 0.05) is 12.6 Å². The lowest BCUT2D eigenvalue weighted by Gasteiger charge is -2.29. The molecule has 2 unspecified atom stereocenters. The third-order valence-corrected chi connectivity index (χ3v) is 7.00. The fourth-order valence-electron chi connectivity index (χ4n) is 3.50. The van der Waals surface area contributed by atoms with E-state index in [1.165, 1.54) is 5.56 Å². The van der Waals surface area contributed by atoms with E-state index >= 15 is 0 Å². The highest BCUT2D eigenvalue weighted by Crippen LogP contribution is 2.22. The molecule has 2 heterocycles. The van der Waals surface area contributed by atoms with Crippen molar-refractivity contribution in [3.8, 4) is 5.75 Å². The molecule has 1 aliphatic heterocycles. The van der Waals surface area contributed by atoms with Crippen LogP contribution in [0.4, 0.5) is 0 Å². The van der Waals surface area contributed by atoms with Crippen molar-refractivity contribution in [1.82, 2.24) is 4.90 Å². The van der Waals surface area contributed by atoms with Crippen LogP contribution in [0.15, 0.2) is 34.7 Å². The van der Waals surface area contributed by atoms with E-state index in [0.29, 0.717) is 19.5 Å². The zero-order valence-corrected chi connectivity index (χ0v) is 17.5. The number of furan rings is 1. The Kier molecular flexibility index (Phi) is 6.47. The molecule has 2 atom stereocenters. The van der Waals surface area contributed by atoms with E-state index in [9.17, 15) is 13.5 Å². The van der Waals surface area contributed by atoms with Crippen LogP contribution >= 0.6 is 0 Å². The van der Waals surface area contributed by atoms with Gasteiger partial charge in [0.2, 0.25) is 0 Å². The van der Waals surface area contributed by atoms with Crippen molar-refractivity contribution in [1.29, 1.82) is 0 Å². The minimum Gasteiger partial charge on any atom is -0.491 e. The number of nitrogens with zero attached hydrogens (tertiary/aromatic N) is 1. The Morgan fingerprint density at radius 2 is 2.00 bits per heavy atom. The first-order valence-corrected chi connectivity index (χ1v) is 11.4. The maximum absolute atomic E-state index is 11.9. The first-order chi connectivity index (χ1) is 13.2. The van der Waals surface area contributed by atoms with Gasteiger partial charge in [0.15, 0.2) is 9.84 Å². The van der Waals surface area contributed by atoms with Crippen LogP contribution in [-0.4, -0.2) is 55.2 Å². The number of rotatable bonds is 8. The van der Waals surface area contributed by atoms with Crippen LogP contribution in [-0.2, 0) is 16.4 Å². The second-order valence-corrected chi connectivity index (χ2v) is 9.94. The number of hydrogen-bond donors (Lipinski definition) is 1. The van der Waals surface area contributed by atoms with Gasteiger partial charge in [0.05, 0.1) is 18.1 Å². The molecule has 0 radical (unpaired) electrons. The molecular weight excluding hydrogens is 378 g/mol. The number of ether oxygens (including phenoxy) is 1. The molecule has 1 aliphatic rings. The summed E-state index contributed by atoms with van der Waals surface area (Å²) in [6.07, 6.45) is -0.159. The van der Waals surface area contributed by atoms with E-state index in [0.717, 1.165) is 22.8 Å². The largest absolute Gasteiger partial charge is 0.491 e. The van der Waals surface area contributed by atoms with Crippen molar-refractivity contribution in [2.24, 2.45) is 0 Å². The van der Waals surface area contributed by atoms with Gasteiger partial charge in [-0.05, 0) is 62.6 Å². The van der Waals surface area contributed by atoms with E-state index in [1.807, 2.05) is 56.0 Å². The van der Waals surface area contributed by atoms with Crippen LogP contribution < -0.4 is 4.74 Å². The fourth-order valence-corrected chi connectivity index (χ4v) is 5.26. The minimum atomic E-state index is -3.01. The summed E-state index contributed by atoms with van der Waals surface area (Å²) < 4.78 is 35.2. The number of aliphatic hydroxyl groups excluding tert-OH is 1. The number of aryl methyl sites for hydroxylation is 3. The first kappa shape index (κ1) is 20.9. The predicted octanol–water partition coefficient (Wildman–Crippen LogP) is 2.63. The molecule has 2 aromatic rings. The maximum atomic E-state index is 11.9. The number of benzene rings is 1. The summed E-state index contributed by atoms with van der Waals surface area (Å²) >= 11 is 0. The summed E-state index contributed by atoms with van der Waals surface area (Å²) in [5, 5.41) is 10.5. The third-order valence-electron chi connectivity index (χ3n) is 5.25. The molecule has 7 heteroatoms. The van der Waals surface area contributed by atoms with Crippen molar-refractivity contribution in [3.05, 3.63) is 53.0 Å². The molecule has 1 fully saturated rings. The Labute approximate surface area is 167 Å². The molecule has 1 saturated heterocycles. The van der Waals surface area contributed by atoms with Gasteiger partial charge in [-0.25, -0.2) is 8.42 Å². The van der Waals surface area contributed by atoms with Crippen molar-refractivity contribution in [2.45, 2.75) is 45.9 Å². The van der Waals surface area contributed by atoms with Gasteiger partial charge in [-0.15, -0.1) is 0 Å². The normalized spacial score (nSPS) is 19.8. The molecule has 1 N–H and O–H groups in total. The summed E-state index contributed by atoms with van der Waals surface area (Å²) in [6.45, 7) is 6.87. The minimum absolute atomic E-state index is 0.119. The molecule has 28 heavy (non-hydrogen) atoms. The van der Waals surface area contributed by atoms with Crippen LogP contribution in [0, 0.1) is 20.8 Å². The van der Waals surface area contributed by atoms with Crippen LogP contribution in [0.25, 0.3) is 0 Å². The third kappa shape index (κ3) is 5.59. The molecule has 0 saturated carbocycles. The molecule has 154 valence electrons. The Morgan fingerprint density at radius 3 is 2.61 bits per heavy atom. The summed E-state index contributed by atoms with van der Waals surface area (Å²) in [6, 6.07) is 9.50. The average Bonchev–Trinajstić information content (AvgIpc) is 3.20. The van der Waals surface area contributed by atoms with E-state index in [-0.39, 0.29) is 24.2 Å². The smallest absolute Gasteiger partial charge is 0.151 e. The lowest BCUT2D eigenvalue weighted by molar-refractivity contribution is 0.0496. The number of hydrogen-bond acceptors (Lipinski definition) is 6. The number of sulfone groups is 1. The van der Waals surface area contributed by atoms with Gasteiger partial charge in [0.25, 0.3) is 0 Å². The first-order valence-electron chi connectivity index (χ1n) is 9.60. The van der Waals surface area contributed by atoms with E-state index in [1.54, 1.807) is 0 Å². The summed E-state index contributed by atoms with van der Waals surface area (Å²) in [5.41, 5.74) is 2.33. The van der Waals surface area contributed by atoms with Gasteiger partial charge >= 0.3 is 0 Å². The zero-order chi connectivity index (χ0) is 20.3. The van der Waals surface area contributed by atoms with Crippen molar-refractivity contribution < 1.29 is 22.7 Å². The maximum Gasteiger partial charge on any atom is 0.151 e. The van der Waals surface area contributed by atoms with Gasteiger partial charge in [-0.2, -0.15) is 0 Å². The second-order valence-electron chi connectivity index (χ2n) is 7.71. The molecule has 0 bridgehead atoms. The molecule has 0 aliphatic carbocycles. The Balaban J connectivity index is 1.63. The SMILES string of the molecule is Cc1ccc(CN(CC(O)COc2ccc(C)c(C)c2)C2CCS(=O)(=O)C2)o1. The van der Waals surface area contributed by atoms with Crippen molar-refractivity contribution >= 4 is 9.84 Å². The monoisotopic (exact) mass is 407 g/mol. The molecule has 1 aromatic carbocycles. The Bertz CT molecular complexity index is 905. The molecule has 3 rings (SSSR count). The number of aliphatic hydroxyl groups is 1. The van der Waals surface area contributed by atoms with E-state index in [4.69, 9.17) is 9.15 Å². The van der Waals surface area contributed by atoms with Crippen LogP contribution in [0.2, 0.25) is 0 Å². The quantitative estimate of drug-likeness (QED) is 0.725. The Morgan fingerprint density at radius 1 is 1.21 bits per heavy atom.